The third-order valence-corrected chi connectivity index (χ3v) is 1.54. The molecule has 0 aromatic rings. The number of carbonyl (C=O) groups excluding carboxylic acids is 1. The number of ether oxygens (including phenoxy) is 3. The van der Waals surface area contributed by atoms with Crippen molar-refractivity contribution in [3.8, 4) is 0 Å². The molecule has 0 heterocycles. The lowest BCUT2D eigenvalue weighted by Crippen LogP contribution is -2.10. The first-order valence-corrected chi connectivity index (χ1v) is 5.19. The van der Waals surface area contributed by atoms with Crippen LogP contribution in [0.2, 0.25) is 0 Å². The van der Waals surface area contributed by atoms with E-state index in [9.17, 15) is 9.18 Å². The largest absolute Gasteiger partial charge is 0.379 e. The monoisotopic (exact) mass is 222 g/mol. The van der Waals surface area contributed by atoms with Crippen molar-refractivity contribution in [2.45, 2.75) is 19.8 Å². The Kier molecular flexibility index (Phi) is 11.2. The minimum absolute atomic E-state index is 0.116. The molecule has 0 rings (SSSR count). The summed E-state index contributed by atoms with van der Waals surface area (Å²) in [7, 11) is 0. The highest BCUT2D eigenvalue weighted by molar-refractivity contribution is 5.67. The summed E-state index contributed by atoms with van der Waals surface area (Å²) in [6.45, 7) is 4.84. The Balaban J connectivity index is 2.89. The summed E-state index contributed by atoms with van der Waals surface area (Å²) < 4.78 is 27.0. The summed E-state index contributed by atoms with van der Waals surface area (Å²) in [6.07, 6.45) is 0.819. The second-order valence-electron chi connectivity index (χ2n) is 2.94. The fraction of sp³-hybridized carbons (Fsp3) is 0.900. The zero-order valence-corrected chi connectivity index (χ0v) is 9.17. The molecule has 0 amide bonds. The molecule has 0 aliphatic carbocycles. The fourth-order valence-electron chi connectivity index (χ4n) is 0.839. The zero-order valence-electron chi connectivity index (χ0n) is 9.17. The minimum Gasteiger partial charge on any atom is -0.379 e. The first kappa shape index (κ1) is 14.5. The molecule has 0 saturated carbocycles. The van der Waals surface area contributed by atoms with E-state index in [1.807, 2.05) is 6.92 Å². The lowest BCUT2D eigenvalue weighted by Gasteiger charge is -2.05. The molecule has 5 heteroatoms. The van der Waals surface area contributed by atoms with Crippen molar-refractivity contribution < 1.29 is 23.4 Å². The Morgan fingerprint density at radius 1 is 0.933 bits per heavy atom. The van der Waals surface area contributed by atoms with Crippen LogP contribution in [0.4, 0.5) is 4.39 Å². The Morgan fingerprint density at radius 3 is 1.87 bits per heavy atom. The van der Waals surface area contributed by atoms with E-state index in [-0.39, 0.29) is 13.0 Å². The highest BCUT2D eigenvalue weighted by Gasteiger charge is 1.97. The van der Waals surface area contributed by atoms with E-state index in [2.05, 4.69) is 0 Å². The summed E-state index contributed by atoms with van der Waals surface area (Å²) >= 11 is 0. The third-order valence-electron chi connectivity index (χ3n) is 1.54. The summed E-state index contributed by atoms with van der Waals surface area (Å²) in [4.78, 5) is 9.88. The molecule has 0 bridgehead atoms. The van der Waals surface area contributed by atoms with E-state index in [1.54, 1.807) is 0 Å². The van der Waals surface area contributed by atoms with Crippen LogP contribution in [-0.2, 0) is 19.0 Å². The van der Waals surface area contributed by atoms with Crippen LogP contribution < -0.4 is 0 Å². The van der Waals surface area contributed by atoms with E-state index in [4.69, 9.17) is 14.2 Å². The van der Waals surface area contributed by atoms with Crippen LogP contribution in [0.25, 0.3) is 0 Å². The third kappa shape index (κ3) is 13.5. The van der Waals surface area contributed by atoms with Crippen molar-refractivity contribution in [1.29, 1.82) is 0 Å². The van der Waals surface area contributed by atoms with Crippen LogP contribution in [0.5, 0.6) is 0 Å². The molecule has 90 valence electrons. The molecule has 0 saturated heterocycles. The van der Waals surface area contributed by atoms with Gasteiger partial charge >= 0.3 is 6.04 Å². The molecule has 15 heavy (non-hydrogen) atoms. The SMILES string of the molecule is CCCOCCOCCOCCC(=O)F. The van der Waals surface area contributed by atoms with Gasteiger partial charge in [0.15, 0.2) is 0 Å². The molecule has 0 aliphatic rings. The van der Waals surface area contributed by atoms with E-state index in [0.717, 1.165) is 13.0 Å². The van der Waals surface area contributed by atoms with Crippen LogP contribution in [-0.4, -0.2) is 45.7 Å². The normalized spacial score (nSPS) is 10.5. The molecule has 0 aromatic carbocycles. The van der Waals surface area contributed by atoms with Gasteiger partial charge in [-0.2, -0.15) is 4.39 Å². The molecule has 0 radical (unpaired) electrons. The van der Waals surface area contributed by atoms with Gasteiger partial charge < -0.3 is 14.2 Å². The van der Waals surface area contributed by atoms with Gasteiger partial charge in [-0.1, -0.05) is 6.92 Å². The van der Waals surface area contributed by atoms with Crippen LogP contribution >= 0.6 is 0 Å². The van der Waals surface area contributed by atoms with Crippen molar-refractivity contribution >= 4 is 6.04 Å². The Hall–Kier alpha value is -0.520. The maximum Gasteiger partial charge on any atom is 0.303 e. The van der Waals surface area contributed by atoms with Gasteiger partial charge in [0, 0.05) is 6.61 Å². The summed E-state index contributed by atoms with van der Waals surface area (Å²) in [5, 5.41) is 0. The molecule has 0 atom stereocenters. The van der Waals surface area contributed by atoms with Crippen molar-refractivity contribution in [2.24, 2.45) is 0 Å². The Morgan fingerprint density at radius 2 is 1.40 bits per heavy atom. The maximum absolute atomic E-state index is 11.7. The van der Waals surface area contributed by atoms with Crippen LogP contribution in [0.3, 0.4) is 0 Å². The fourth-order valence-corrected chi connectivity index (χ4v) is 0.839. The van der Waals surface area contributed by atoms with Crippen molar-refractivity contribution in [1.82, 2.24) is 0 Å². The lowest BCUT2D eigenvalue weighted by atomic mass is 10.5. The van der Waals surface area contributed by atoms with Gasteiger partial charge in [-0.05, 0) is 6.42 Å². The highest BCUT2D eigenvalue weighted by Crippen LogP contribution is 1.87. The van der Waals surface area contributed by atoms with E-state index in [0.29, 0.717) is 26.4 Å². The zero-order chi connectivity index (χ0) is 11.4. The molecule has 0 unspecified atom stereocenters. The van der Waals surface area contributed by atoms with Crippen LogP contribution in [0.1, 0.15) is 19.8 Å². The van der Waals surface area contributed by atoms with Gasteiger partial charge in [-0.25, -0.2) is 0 Å². The minimum atomic E-state index is -1.34. The van der Waals surface area contributed by atoms with E-state index < -0.39 is 6.04 Å². The molecular weight excluding hydrogens is 203 g/mol. The van der Waals surface area contributed by atoms with Gasteiger partial charge in [-0.3, -0.25) is 4.79 Å². The molecule has 0 fully saturated rings. The van der Waals surface area contributed by atoms with Crippen molar-refractivity contribution in [3.63, 3.8) is 0 Å². The number of rotatable bonds is 11. The van der Waals surface area contributed by atoms with Gasteiger partial charge in [0.25, 0.3) is 0 Å². The predicted molar refractivity (Wildman–Crippen MR) is 53.5 cm³/mol. The van der Waals surface area contributed by atoms with Gasteiger partial charge in [-0.15, -0.1) is 0 Å². The highest BCUT2D eigenvalue weighted by atomic mass is 19.1. The molecule has 0 aromatic heterocycles. The first-order chi connectivity index (χ1) is 7.27. The second kappa shape index (κ2) is 11.6. The molecule has 0 N–H and O–H groups in total. The molecular formula is C10H19FO4. The van der Waals surface area contributed by atoms with Crippen LogP contribution in [0, 0.1) is 0 Å². The average Bonchev–Trinajstić information content (AvgIpc) is 2.20. The Labute approximate surface area is 89.7 Å². The average molecular weight is 222 g/mol. The van der Waals surface area contributed by atoms with E-state index >= 15 is 0 Å². The second-order valence-corrected chi connectivity index (χ2v) is 2.94. The van der Waals surface area contributed by atoms with E-state index in [1.165, 1.54) is 0 Å². The summed E-state index contributed by atoms with van der Waals surface area (Å²) in [5.74, 6) is 0. The maximum atomic E-state index is 11.7. The molecule has 0 spiro atoms. The smallest absolute Gasteiger partial charge is 0.303 e. The molecule has 0 aliphatic heterocycles. The van der Waals surface area contributed by atoms with Crippen molar-refractivity contribution in [3.05, 3.63) is 0 Å². The first-order valence-electron chi connectivity index (χ1n) is 5.19. The lowest BCUT2D eigenvalue weighted by molar-refractivity contribution is -0.130. The standard InChI is InChI=1S/C10H19FO4/c1-2-4-13-6-8-15-9-7-14-5-3-10(11)12/h2-9H2,1H3. The van der Waals surface area contributed by atoms with Crippen molar-refractivity contribution in [2.75, 3.05) is 39.6 Å². The molecule has 4 nitrogen and oxygen atoms in total. The van der Waals surface area contributed by atoms with Gasteiger partial charge in [0.05, 0.1) is 39.5 Å². The van der Waals surface area contributed by atoms with Gasteiger partial charge in [0.1, 0.15) is 0 Å². The number of hydrogen-bond acceptors (Lipinski definition) is 4. The predicted octanol–water partition coefficient (Wildman–Crippen LogP) is 1.33. The summed E-state index contributed by atoms with van der Waals surface area (Å²) in [6, 6.07) is -1.34. The Bertz CT molecular complexity index is 152. The topological polar surface area (TPSA) is 44.8 Å². The van der Waals surface area contributed by atoms with Crippen LogP contribution in [0.15, 0.2) is 0 Å². The number of halogens is 1. The number of hydrogen-bond donors (Lipinski definition) is 0. The number of carbonyl (C=O) groups is 1. The van der Waals surface area contributed by atoms with Gasteiger partial charge in [0.2, 0.25) is 0 Å². The summed E-state index contributed by atoms with van der Waals surface area (Å²) in [5.41, 5.74) is 0. The quantitative estimate of drug-likeness (QED) is 0.391.